The number of carboxylic acids is 1. The second kappa shape index (κ2) is 19.3. The lowest BCUT2D eigenvalue weighted by Crippen LogP contribution is -2.37. The number of nitrogens with two attached hydrogens (primary N) is 1. The van der Waals surface area contributed by atoms with Crippen molar-refractivity contribution in [1.29, 1.82) is 0 Å². The van der Waals surface area contributed by atoms with Crippen LogP contribution in [0, 0.1) is 23.3 Å². The Bertz CT molecular complexity index is 2140. The molecule has 0 aliphatic heterocycles. The maximum Gasteiger partial charge on any atom is 0.335 e. The topological polar surface area (TPSA) is 151 Å². The van der Waals surface area contributed by atoms with E-state index < -0.39 is 51.2 Å². The molecule has 4 atom stereocenters. The number of nitrogen functional groups attached to an aromatic ring is 1. The van der Waals surface area contributed by atoms with Crippen molar-refractivity contribution in [3.05, 3.63) is 129 Å². The van der Waals surface area contributed by atoms with Gasteiger partial charge < -0.3 is 16.2 Å². The van der Waals surface area contributed by atoms with E-state index in [1.165, 1.54) is 12.1 Å². The zero-order chi connectivity index (χ0) is 42.2. The normalized spacial score (nSPS) is 17.3. The van der Waals surface area contributed by atoms with Crippen LogP contribution in [0.15, 0.2) is 72.8 Å². The molecule has 0 saturated carbocycles. The Morgan fingerprint density at radius 1 is 0.667 bits per heavy atom. The molecule has 0 aromatic heterocycles. The van der Waals surface area contributed by atoms with Crippen molar-refractivity contribution < 1.29 is 40.7 Å². The molecule has 0 heterocycles. The lowest BCUT2D eigenvalue weighted by Gasteiger charge is -2.30. The van der Waals surface area contributed by atoms with Crippen molar-refractivity contribution in [1.82, 2.24) is 9.44 Å². The Kier molecular flexibility index (Phi) is 15.4. The zero-order valence-electron chi connectivity index (χ0n) is 32.8. The van der Waals surface area contributed by atoms with Crippen molar-refractivity contribution in [2.75, 3.05) is 11.1 Å². The van der Waals surface area contributed by atoms with Crippen LogP contribution in [0.2, 0.25) is 0 Å². The summed E-state index contributed by atoms with van der Waals surface area (Å²) in [6.45, 7) is 11.5. The number of carbonyl (C=O) groups is 2. The van der Waals surface area contributed by atoms with Crippen LogP contribution in [0.3, 0.4) is 0 Å². The SMILES string of the molecule is CC(C)(C)[S@](=O)N[C@H]1CCCc2c(C(=O)Nc3ccc(F)c(F)c3)cccc21.CC(C)(C)[S@](=O)N[C@H]1CCCc2c(C(=O)O)cccc21.Nc1ccc(F)c(F)c1. The van der Waals surface area contributed by atoms with Crippen LogP contribution in [0.4, 0.5) is 28.9 Å². The van der Waals surface area contributed by atoms with Crippen LogP contribution in [0.5, 0.6) is 0 Å². The number of rotatable bonds is 7. The number of amides is 1. The highest BCUT2D eigenvalue weighted by Gasteiger charge is 2.30. The third-order valence-corrected chi connectivity index (χ3v) is 12.4. The van der Waals surface area contributed by atoms with E-state index in [0.717, 1.165) is 85.0 Å². The lowest BCUT2D eigenvalue weighted by molar-refractivity contribution is 0.0695. The predicted molar refractivity (Wildman–Crippen MR) is 218 cm³/mol. The van der Waals surface area contributed by atoms with Gasteiger partial charge in [-0.1, -0.05) is 24.3 Å². The molecule has 0 fully saturated rings. The van der Waals surface area contributed by atoms with Crippen LogP contribution in [0.1, 0.15) is 122 Å². The molecule has 57 heavy (non-hydrogen) atoms. The van der Waals surface area contributed by atoms with Crippen molar-refractivity contribution in [2.24, 2.45) is 0 Å². The largest absolute Gasteiger partial charge is 0.478 e. The molecule has 4 aromatic rings. The van der Waals surface area contributed by atoms with Crippen molar-refractivity contribution >= 4 is 45.2 Å². The average Bonchev–Trinajstić information content (AvgIpc) is 3.14. The van der Waals surface area contributed by atoms with Gasteiger partial charge in [-0.05, 0) is 145 Å². The van der Waals surface area contributed by atoms with E-state index >= 15 is 0 Å². The summed E-state index contributed by atoms with van der Waals surface area (Å²) in [6, 6.07) is 17.2. The van der Waals surface area contributed by atoms with E-state index in [2.05, 4.69) is 14.8 Å². The van der Waals surface area contributed by atoms with E-state index in [1.54, 1.807) is 24.3 Å². The van der Waals surface area contributed by atoms with Crippen LogP contribution in [0.25, 0.3) is 0 Å². The average molecular weight is 831 g/mol. The lowest BCUT2D eigenvalue weighted by atomic mass is 9.85. The molecular weight excluding hydrogens is 781 g/mol. The predicted octanol–water partition coefficient (Wildman–Crippen LogP) is 9.01. The quantitative estimate of drug-likeness (QED) is 0.0927. The summed E-state index contributed by atoms with van der Waals surface area (Å²) in [5.41, 5.74) is 10.1. The molecule has 2 aliphatic rings. The second-order valence-electron chi connectivity index (χ2n) is 15.7. The minimum Gasteiger partial charge on any atom is -0.478 e. The van der Waals surface area contributed by atoms with Gasteiger partial charge in [0.05, 0.1) is 37.0 Å². The summed E-state index contributed by atoms with van der Waals surface area (Å²) in [6.07, 6.45) is 5.01. The first kappa shape index (κ1) is 45.3. The first-order valence-electron chi connectivity index (χ1n) is 18.5. The molecule has 0 unspecified atom stereocenters. The summed E-state index contributed by atoms with van der Waals surface area (Å²) >= 11 is 0. The van der Waals surface area contributed by atoms with Gasteiger partial charge in [-0.3, -0.25) is 4.79 Å². The smallest absolute Gasteiger partial charge is 0.335 e. The second-order valence-corrected chi connectivity index (χ2v) is 19.7. The molecule has 0 radical (unpaired) electrons. The third-order valence-electron chi connectivity index (χ3n) is 9.22. The van der Waals surface area contributed by atoms with Gasteiger partial charge in [0.25, 0.3) is 5.91 Å². The third kappa shape index (κ3) is 12.3. The molecule has 0 saturated heterocycles. The van der Waals surface area contributed by atoms with Crippen LogP contribution < -0.4 is 20.5 Å². The molecule has 0 spiro atoms. The van der Waals surface area contributed by atoms with E-state index in [0.29, 0.717) is 11.1 Å². The minimum atomic E-state index is -1.22. The van der Waals surface area contributed by atoms with E-state index in [-0.39, 0.29) is 38.9 Å². The number of anilines is 2. The number of carboxylic acid groups (broad SMARTS) is 1. The van der Waals surface area contributed by atoms with Gasteiger partial charge >= 0.3 is 5.97 Å². The van der Waals surface area contributed by atoms with Crippen LogP contribution in [-0.2, 0) is 34.8 Å². The van der Waals surface area contributed by atoms with Gasteiger partial charge in [-0.15, -0.1) is 0 Å². The standard InChI is InChI=1S/C21H24F2N2O2S.C15H21NO3S.C6H5F2N/c1-21(2,3)28(27)25-19-9-5-6-14-15(19)7-4-8-16(14)20(26)24-13-10-11-17(22)18(23)12-13;1-15(2,3)20(19)16-13-9-5-6-10-11(13)7-4-8-12(10)14(17)18;7-5-2-1-4(9)3-6(5)8/h4,7-8,10-12,19,25H,5-6,9H2,1-3H3,(H,24,26);4,7-8,13,16H,5-6,9H2,1-3H3,(H,17,18);1-3H,9H2/t19-,28-;13-,20-;/m00./s1. The Morgan fingerprint density at radius 2 is 1.12 bits per heavy atom. The monoisotopic (exact) mass is 830 g/mol. The number of hydrogen-bond acceptors (Lipinski definition) is 5. The molecule has 9 nitrogen and oxygen atoms in total. The molecule has 2 aliphatic carbocycles. The molecule has 1 amide bonds. The molecular formula is C42H50F4N4O5S2. The van der Waals surface area contributed by atoms with Gasteiger partial charge in [0.1, 0.15) is 0 Å². The number of nitrogens with one attached hydrogen (secondary N) is 3. The number of benzene rings is 4. The van der Waals surface area contributed by atoms with Gasteiger partial charge in [0.2, 0.25) is 0 Å². The maximum atomic E-state index is 13.4. The van der Waals surface area contributed by atoms with Gasteiger partial charge in [0.15, 0.2) is 23.3 Å². The van der Waals surface area contributed by atoms with E-state index in [4.69, 9.17) is 5.73 Å². The van der Waals surface area contributed by atoms with Crippen molar-refractivity contribution in [3.63, 3.8) is 0 Å². The molecule has 6 rings (SSSR count). The zero-order valence-corrected chi connectivity index (χ0v) is 34.4. The number of halogens is 4. The molecule has 308 valence electrons. The van der Waals surface area contributed by atoms with Crippen LogP contribution in [-0.4, -0.2) is 34.9 Å². The number of hydrogen-bond donors (Lipinski definition) is 5. The Hall–Kier alpha value is -4.44. The highest BCUT2D eigenvalue weighted by molar-refractivity contribution is 7.84. The van der Waals surface area contributed by atoms with Gasteiger partial charge in [-0.2, -0.15) is 0 Å². The molecule has 0 bridgehead atoms. The van der Waals surface area contributed by atoms with Crippen molar-refractivity contribution in [2.45, 2.75) is 102 Å². The fourth-order valence-electron chi connectivity index (χ4n) is 6.25. The summed E-state index contributed by atoms with van der Waals surface area (Å²) in [4.78, 5) is 24.0. The fraction of sp³-hybridized carbons (Fsp3) is 0.381. The molecule has 4 aromatic carbocycles. The van der Waals surface area contributed by atoms with Crippen molar-refractivity contribution in [3.8, 4) is 0 Å². The van der Waals surface area contributed by atoms with E-state index in [9.17, 15) is 40.7 Å². The number of aromatic carboxylic acids is 1. The Balaban J connectivity index is 0.000000215. The fourth-order valence-corrected chi connectivity index (χ4v) is 7.97. The summed E-state index contributed by atoms with van der Waals surface area (Å²) < 4.78 is 81.1. The summed E-state index contributed by atoms with van der Waals surface area (Å²) in [5.74, 6) is -5.02. The first-order chi connectivity index (χ1) is 26.7. The highest BCUT2D eigenvalue weighted by atomic mass is 32.2. The van der Waals surface area contributed by atoms with Gasteiger partial charge in [0, 0.05) is 35.1 Å². The van der Waals surface area contributed by atoms with Gasteiger partial charge in [-0.25, -0.2) is 40.2 Å². The molecule has 15 heteroatoms. The maximum absolute atomic E-state index is 13.4. The van der Waals surface area contributed by atoms with Crippen LogP contribution >= 0.6 is 0 Å². The highest BCUT2D eigenvalue weighted by Crippen LogP contribution is 2.34. The first-order valence-corrected chi connectivity index (χ1v) is 20.8. The summed E-state index contributed by atoms with van der Waals surface area (Å²) in [7, 11) is -2.38. The van der Waals surface area contributed by atoms with E-state index in [1.807, 2.05) is 53.7 Å². The Labute approximate surface area is 336 Å². The number of fused-ring (bicyclic) bond motifs is 2. The molecule has 6 N–H and O–H groups in total. The Morgan fingerprint density at radius 3 is 1.56 bits per heavy atom. The number of carbonyl (C=O) groups excluding carboxylic acids is 1. The minimum absolute atomic E-state index is 0.0295. The summed E-state index contributed by atoms with van der Waals surface area (Å²) in [5, 5.41) is 11.9.